The highest BCUT2D eigenvalue weighted by atomic mass is 32.1. The van der Waals surface area contributed by atoms with Gasteiger partial charge in [0.2, 0.25) is 0 Å². The van der Waals surface area contributed by atoms with Crippen LogP contribution in [0.25, 0.3) is 21.2 Å². The van der Waals surface area contributed by atoms with Gasteiger partial charge in [-0.15, -0.1) is 11.3 Å². The van der Waals surface area contributed by atoms with E-state index in [1.54, 1.807) is 11.1 Å². The van der Waals surface area contributed by atoms with Crippen molar-refractivity contribution in [2.24, 2.45) is 0 Å². The molecule has 10 rings (SSSR count). The van der Waals surface area contributed by atoms with Crippen LogP contribution in [0.2, 0.25) is 19.6 Å². The van der Waals surface area contributed by atoms with E-state index >= 15 is 0 Å². The van der Waals surface area contributed by atoms with E-state index in [4.69, 9.17) is 0 Å². The van der Waals surface area contributed by atoms with Gasteiger partial charge in [0.25, 0.3) is 0 Å². The lowest BCUT2D eigenvalue weighted by Crippen LogP contribution is -2.44. The van der Waals surface area contributed by atoms with E-state index in [-0.39, 0.29) is 33.0 Å². The summed E-state index contributed by atoms with van der Waals surface area (Å²) < 4.78 is 1.42. The summed E-state index contributed by atoms with van der Waals surface area (Å²) in [7, 11) is -1.67. The Balaban J connectivity index is 1.31. The normalized spacial score (nSPS) is 19.3. The first kappa shape index (κ1) is 46.4. The van der Waals surface area contributed by atoms with Crippen LogP contribution in [-0.4, -0.2) is 8.07 Å². The molecule has 1 aromatic heterocycles. The molecule has 0 spiro atoms. The van der Waals surface area contributed by atoms with Crippen molar-refractivity contribution in [1.29, 1.82) is 0 Å². The molecule has 7 aromatic rings. The van der Waals surface area contributed by atoms with E-state index in [0.29, 0.717) is 0 Å². The quantitative estimate of drug-likeness (QED) is 0.137. The van der Waals surface area contributed by atoms with E-state index in [9.17, 15) is 0 Å². The molecule has 342 valence electrons. The summed E-state index contributed by atoms with van der Waals surface area (Å²) in [4.78, 5) is 2.49. The average Bonchev–Trinajstić information content (AvgIpc) is 3.66. The van der Waals surface area contributed by atoms with E-state index in [2.05, 4.69) is 234 Å². The SMILES string of the molecule is Cc1cc(C(c2ccc([Si](C)(C)C)cc2-c2ccc(C(C)(C)C)cc2)c2csc3cc4c(cc23)C2(C)CCC4(C)CC2)cc(N(c2ccc(C(C)(C)C)cc2)c2ccc(C(C)(C)C)cc2)c1. The van der Waals surface area contributed by atoms with Crippen molar-refractivity contribution in [2.45, 2.75) is 161 Å². The summed E-state index contributed by atoms with van der Waals surface area (Å²) >= 11 is 1.95. The molecule has 1 fully saturated rings. The molecule has 66 heavy (non-hydrogen) atoms. The molecule has 3 aliphatic rings. The van der Waals surface area contributed by atoms with E-state index in [1.165, 1.54) is 108 Å². The van der Waals surface area contributed by atoms with Crippen molar-refractivity contribution < 1.29 is 0 Å². The van der Waals surface area contributed by atoms with Gasteiger partial charge in [0.1, 0.15) is 0 Å². The zero-order chi connectivity index (χ0) is 47.4. The maximum atomic E-state index is 2.67. The molecule has 6 aromatic carbocycles. The second-order valence-corrected chi connectivity index (χ2v) is 31.0. The lowest BCUT2D eigenvalue weighted by molar-refractivity contribution is 0.188. The van der Waals surface area contributed by atoms with Gasteiger partial charge in [0, 0.05) is 27.7 Å². The predicted octanol–water partition coefficient (Wildman–Crippen LogP) is 18.1. The number of anilines is 3. The number of aryl methyl sites for hydroxylation is 1. The van der Waals surface area contributed by atoms with Gasteiger partial charge in [0.15, 0.2) is 0 Å². The first-order valence-corrected chi connectivity index (χ1v) is 29.1. The van der Waals surface area contributed by atoms with E-state index in [1.807, 2.05) is 11.3 Å². The van der Waals surface area contributed by atoms with Crippen LogP contribution in [0.3, 0.4) is 0 Å². The van der Waals surface area contributed by atoms with Crippen LogP contribution in [0.1, 0.15) is 158 Å². The van der Waals surface area contributed by atoms with Crippen molar-refractivity contribution in [3.8, 4) is 11.1 Å². The molecular weight excluding hydrogens is 831 g/mol. The average molecular weight is 906 g/mol. The first-order valence-electron chi connectivity index (χ1n) is 24.8. The van der Waals surface area contributed by atoms with Crippen LogP contribution in [0, 0.1) is 6.92 Å². The third kappa shape index (κ3) is 8.58. The van der Waals surface area contributed by atoms with Crippen LogP contribution in [0.4, 0.5) is 17.1 Å². The maximum Gasteiger partial charge on any atom is 0.0776 e. The van der Waals surface area contributed by atoms with E-state index in [0.717, 1.165) is 0 Å². The highest BCUT2D eigenvalue weighted by molar-refractivity contribution is 7.17. The zero-order valence-corrected chi connectivity index (χ0v) is 44.7. The van der Waals surface area contributed by atoms with Crippen LogP contribution in [0.5, 0.6) is 0 Å². The topological polar surface area (TPSA) is 3.24 Å². The number of hydrogen-bond acceptors (Lipinski definition) is 2. The minimum atomic E-state index is -1.67. The van der Waals surface area contributed by atoms with Crippen molar-refractivity contribution >= 4 is 51.7 Å². The Hall–Kier alpha value is -4.70. The lowest BCUT2D eigenvalue weighted by atomic mass is 9.52. The monoisotopic (exact) mass is 906 g/mol. The molecule has 1 saturated carbocycles. The molecule has 1 nitrogen and oxygen atoms in total. The summed E-state index contributed by atoms with van der Waals surface area (Å²) in [5, 5.41) is 5.46. The molecule has 0 saturated heterocycles. The molecule has 0 amide bonds. The number of hydrogen-bond donors (Lipinski definition) is 0. The molecule has 1 unspecified atom stereocenters. The third-order valence-electron chi connectivity index (χ3n) is 15.8. The molecule has 1 heterocycles. The van der Waals surface area contributed by atoms with E-state index < -0.39 is 8.07 Å². The molecule has 0 radical (unpaired) electrons. The molecule has 3 aliphatic carbocycles. The summed E-state index contributed by atoms with van der Waals surface area (Å²) in [6.07, 6.45) is 5.15. The number of benzene rings is 6. The Kier molecular flexibility index (Phi) is 11.4. The fraction of sp³-hybridized carbons (Fsp3) is 0.397. The minimum Gasteiger partial charge on any atom is -0.310 e. The first-order chi connectivity index (χ1) is 30.8. The fourth-order valence-corrected chi connectivity index (χ4v) is 13.3. The lowest BCUT2D eigenvalue weighted by Gasteiger charge is -2.52. The Morgan fingerprint density at radius 1 is 0.530 bits per heavy atom. The smallest absolute Gasteiger partial charge is 0.0776 e. The van der Waals surface area contributed by atoms with Crippen molar-refractivity contribution in [1.82, 2.24) is 0 Å². The third-order valence-corrected chi connectivity index (χ3v) is 18.8. The number of thiophene rings is 1. The highest BCUT2D eigenvalue weighted by Gasteiger charge is 2.48. The standard InChI is InChI=1S/C63H75NSSi/c1-41-34-43(36-49(35-41)64(47-24-20-45(21-25-47)60(5,6)7)48-26-22-46(23-27-48)61(8,9)10)58(54-40-65-57-39-56-55(38-53(54)57)62(11)30-32-63(56,12)33-31-62)51-29-28-50(66(13,14)15)37-52(51)42-16-18-44(19-17-42)59(2,3)4/h16-29,34-40,58H,30-33H2,1-15H3. The Morgan fingerprint density at radius 3 is 1.50 bits per heavy atom. The molecule has 3 heteroatoms. The fourth-order valence-electron chi connectivity index (χ4n) is 11.2. The summed E-state index contributed by atoms with van der Waals surface area (Å²) in [5.41, 5.74) is 19.6. The van der Waals surface area contributed by atoms with Gasteiger partial charge in [-0.1, -0.05) is 174 Å². The molecule has 2 bridgehead atoms. The number of rotatable bonds is 8. The summed E-state index contributed by atoms with van der Waals surface area (Å²) in [5.74, 6) is 0.000909. The second-order valence-electron chi connectivity index (χ2n) is 25.0. The van der Waals surface area contributed by atoms with Gasteiger partial charge >= 0.3 is 0 Å². The van der Waals surface area contributed by atoms with Crippen molar-refractivity contribution in [3.63, 3.8) is 0 Å². The van der Waals surface area contributed by atoms with Crippen molar-refractivity contribution in [2.75, 3.05) is 4.90 Å². The van der Waals surface area contributed by atoms with Gasteiger partial charge in [-0.2, -0.15) is 0 Å². The van der Waals surface area contributed by atoms with Gasteiger partial charge in [-0.05, 0) is 180 Å². The second kappa shape index (κ2) is 16.2. The zero-order valence-electron chi connectivity index (χ0n) is 42.9. The minimum absolute atomic E-state index is 0.000909. The maximum absolute atomic E-state index is 2.67. The molecule has 1 atom stereocenters. The summed E-state index contributed by atoms with van der Waals surface area (Å²) in [6.45, 7) is 35.6. The molecule has 0 aliphatic heterocycles. The van der Waals surface area contributed by atoms with Crippen LogP contribution < -0.4 is 10.1 Å². The van der Waals surface area contributed by atoms with Crippen LogP contribution in [-0.2, 0) is 27.1 Å². The summed E-state index contributed by atoms with van der Waals surface area (Å²) in [6, 6.07) is 48.5. The van der Waals surface area contributed by atoms with Gasteiger partial charge < -0.3 is 4.90 Å². The van der Waals surface area contributed by atoms with Crippen LogP contribution in [0.15, 0.2) is 127 Å². The molecule has 0 N–H and O–H groups in total. The Bertz CT molecular complexity index is 2850. The Labute approximate surface area is 403 Å². The number of fused-ring (bicyclic) bond motifs is 3. The van der Waals surface area contributed by atoms with Crippen LogP contribution >= 0.6 is 11.3 Å². The van der Waals surface area contributed by atoms with Gasteiger partial charge in [-0.25, -0.2) is 0 Å². The Morgan fingerprint density at radius 2 is 1.02 bits per heavy atom. The van der Waals surface area contributed by atoms with Crippen molar-refractivity contribution in [3.05, 3.63) is 177 Å². The largest absolute Gasteiger partial charge is 0.310 e. The van der Waals surface area contributed by atoms with Gasteiger partial charge in [-0.3, -0.25) is 0 Å². The molecular formula is C63H75NSSi. The van der Waals surface area contributed by atoms with Gasteiger partial charge in [0.05, 0.1) is 8.07 Å². The predicted molar refractivity (Wildman–Crippen MR) is 293 cm³/mol. The number of nitrogens with zero attached hydrogens (tertiary/aromatic N) is 1. The highest BCUT2D eigenvalue weighted by Crippen LogP contribution is 2.58.